The summed E-state index contributed by atoms with van der Waals surface area (Å²) in [5.74, 6) is -0.0920. The molecule has 0 saturated carbocycles. The zero-order valence-electron chi connectivity index (χ0n) is 14.4. The van der Waals surface area contributed by atoms with E-state index < -0.39 is 0 Å². The zero-order chi connectivity index (χ0) is 17.9. The molecule has 1 fully saturated rings. The van der Waals surface area contributed by atoms with Crippen LogP contribution in [-0.2, 0) is 11.3 Å². The second-order valence-electron chi connectivity index (χ2n) is 6.24. The Kier molecular flexibility index (Phi) is 4.59. The number of nitrogens with one attached hydrogen (secondary N) is 1. The smallest absolute Gasteiger partial charge is 0.264 e. The molecule has 1 aliphatic rings. The van der Waals surface area contributed by atoms with E-state index in [2.05, 4.69) is 59.7 Å². The van der Waals surface area contributed by atoms with E-state index >= 15 is 0 Å². The summed E-state index contributed by atoms with van der Waals surface area (Å²) in [6.07, 6.45) is 1.94. The van der Waals surface area contributed by atoms with Crippen LogP contribution in [0.5, 0.6) is 0 Å². The van der Waals surface area contributed by atoms with Crippen molar-refractivity contribution in [2.75, 3.05) is 0 Å². The number of amides is 1. The minimum absolute atomic E-state index is 0.0920. The van der Waals surface area contributed by atoms with Crippen LogP contribution in [0.4, 0.5) is 0 Å². The number of aryl methyl sites for hydroxylation is 1. The Morgan fingerprint density at radius 2 is 1.77 bits per heavy atom. The predicted octanol–water partition coefficient (Wildman–Crippen LogP) is 4.91. The summed E-state index contributed by atoms with van der Waals surface area (Å²) in [5, 5.41) is 5.82. The Balaban J connectivity index is 1.56. The molecule has 1 aliphatic heterocycles. The molecule has 1 heterocycles. The molecule has 4 rings (SSSR count). The number of thioether (sulfide) groups is 1. The Morgan fingerprint density at radius 3 is 2.62 bits per heavy atom. The molecule has 0 radical (unpaired) electrons. The van der Waals surface area contributed by atoms with E-state index in [9.17, 15) is 4.79 Å². The van der Waals surface area contributed by atoms with Crippen molar-refractivity contribution in [3.8, 4) is 0 Å². The van der Waals surface area contributed by atoms with Gasteiger partial charge in [-0.1, -0.05) is 72.3 Å². The molecule has 3 nitrogen and oxygen atoms in total. The maximum absolute atomic E-state index is 12.3. The van der Waals surface area contributed by atoms with Crippen LogP contribution in [0.25, 0.3) is 16.8 Å². The van der Waals surface area contributed by atoms with Gasteiger partial charge in [0, 0.05) is 0 Å². The third-order valence-electron chi connectivity index (χ3n) is 4.29. The van der Waals surface area contributed by atoms with Crippen LogP contribution in [0.15, 0.2) is 76.6 Å². The first-order chi connectivity index (χ1) is 12.7. The lowest BCUT2D eigenvalue weighted by molar-refractivity contribution is -0.115. The normalized spacial score (nSPS) is 17.2. The highest BCUT2D eigenvalue weighted by Crippen LogP contribution is 2.29. The first-order valence-electron chi connectivity index (χ1n) is 8.48. The van der Waals surface area contributed by atoms with E-state index in [1.54, 1.807) is 0 Å². The van der Waals surface area contributed by atoms with Gasteiger partial charge in [0.2, 0.25) is 0 Å². The van der Waals surface area contributed by atoms with Crippen molar-refractivity contribution in [1.29, 1.82) is 0 Å². The molecule has 3 aromatic carbocycles. The third-order valence-corrected chi connectivity index (χ3v) is 5.23. The Labute approximate surface area is 156 Å². The van der Waals surface area contributed by atoms with Crippen LogP contribution in [0, 0.1) is 6.92 Å². The number of nitrogens with zero attached hydrogens (tertiary/aromatic N) is 1. The van der Waals surface area contributed by atoms with E-state index in [0.717, 1.165) is 16.5 Å². The number of aliphatic imine (C=N–C) groups is 1. The van der Waals surface area contributed by atoms with E-state index in [1.165, 1.54) is 22.7 Å². The predicted molar refractivity (Wildman–Crippen MR) is 110 cm³/mol. The van der Waals surface area contributed by atoms with Crippen LogP contribution >= 0.6 is 11.8 Å². The largest absolute Gasteiger partial charge is 0.301 e. The second-order valence-corrected chi connectivity index (χ2v) is 7.27. The van der Waals surface area contributed by atoms with Crippen molar-refractivity contribution < 1.29 is 4.79 Å². The first-order valence-corrected chi connectivity index (χ1v) is 9.29. The summed E-state index contributed by atoms with van der Waals surface area (Å²) in [7, 11) is 0. The molecule has 0 unspecified atom stereocenters. The average Bonchev–Trinajstić information content (AvgIpc) is 3.01. The Morgan fingerprint density at radius 1 is 1.00 bits per heavy atom. The molecule has 0 atom stereocenters. The number of hydrogen-bond acceptors (Lipinski definition) is 3. The second kappa shape index (κ2) is 7.18. The monoisotopic (exact) mass is 358 g/mol. The van der Waals surface area contributed by atoms with Crippen molar-refractivity contribution in [1.82, 2.24) is 5.32 Å². The van der Waals surface area contributed by atoms with Crippen molar-refractivity contribution in [3.05, 3.63) is 88.3 Å². The number of carbonyl (C=O) groups excluding carboxylic acids is 1. The maximum atomic E-state index is 12.3. The quantitative estimate of drug-likeness (QED) is 0.676. The summed E-state index contributed by atoms with van der Waals surface area (Å²) < 4.78 is 0. The fourth-order valence-corrected chi connectivity index (χ4v) is 3.69. The van der Waals surface area contributed by atoms with Crippen LogP contribution in [0.1, 0.15) is 16.7 Å². The molecule has 1 saturated heterocycles. The van der Waals surface area contributed by atoms with E-state index in [4.69, 9.17) is 0 Å². The lowest BCUT2D eigenvalue weighted by atomic mass is 10.0. The topological polar surface area (TPSA) is 41.5 Å². The number of fused-ring (bicyclic) bond motifs is 1. The van der Waals surface area contributed by atoms with Gasteiger partial charge in [-0.25, -0.2) is 0 Å². The van der Waals surface area contributed by atoms with Gasteiger partial charge < -0.3 is 5.32 Å². The number of amidine groups is 1. The van der Waals surface area contributed by atoms with Gasteiger partial charge >= 0.3 is 0 Å². The molecule has 26 heavy (non-hydrogen) atoms. The van der Waals surface area contributed by atoms with Gasteiger partial charge in [-0.2, -0.15) is 0 Å². The molecule has 1 N–H and O–H groups in total. The summed E-state index contributed by atoms with van der Waals surface area (Å²) in [4.78, 5) is 17.5. The molecule has 1 amide bonds. The van der Waals surface area contributed by atoms with Crippen LogP contribution in [0.2, 0.25) is 0 Å². The molecule has 3 aromatic rings. The van der Waals surface area contributed by atoms with Crippen molar-refractivity contribution >= 4 is 39.7 Å². The van der Waals surface area contributed by atoms with Crippen LogP contribution in [-0.4, -0.2) is 11.1 Å². The molecule has 0 bridgehead atoms. The molecular weight excluding hydrogens is 340 g/mol. The highest BCUT2D eigenvalue weighted by atomic mass is 32.2. The van der Waals surface area contributed by atoms with E-state index in [0.29, 0.717) is 16.6 Å². The number of rotatable bonds is 3. The van der Waals surface area contributed by atoms with Gasteiger partial charge in [0.15, 0.2) is 5.17 Å². The maximum Gasteiger partial charge on any atom is 0.264 e. The fraction of sp³-hybridized carbons (Fsp3) is 0.0909. The lowest BCUT2D eigenvalue weighted by Gasteiger charge is -2.02. The first kappa shape index (κ1) is 16.6. The van der Waals surface area contributed by atoms with Gasteiger partial charge in [0.1, 0.15) is 0 Å². The van der Waals surface area contributed by atoms with E-state index in [-0.39, 0.29) is 5.91 Å². The summed E-state index contributed by atoms with van der Waals surface area (Å²) >= 11 is 1.40. The summed E-state index contributed by atoms with van der Waals surface area (Å²) in [6, 6.07) is 22.6. The third kappa shape index (κ3) is 3.55. The molecule has 0 aromatic heterocycles. The zero-order valence-corrected chi connectivity index (χ0v) is 15.2. The van der Waals surface area contributed by atoms with Crippen molar-refractivity contribution in [3.63, 3.8) is 0 Å². The van der Waals surface area contributed by atoms with Gasteiger partial charge in [-0.3, -0.25) is 9.79 Å². The molecular formula is C22H18N2OS. The average molecular weight is 358 g/mol. The van der Waals surface area contributed by atoms with Crippen molar-refractivity contribution in [2.24, 2.45) is 4.99 Å². The van der Waals surface area contributed by atoms with Crippen LogP contribution in [0.3, 0.4) is 0 Å². The van der Waals surface area contributed by atoms with Gasteiger partial charge in [0.05, 0.1) is 11.4 Å². The minimum atomic E-state index is -0.0920. The number of carbonyl (C=O) groups is 1. The Hall–Kier alpha value is -2.85. The number of hydrogen-bond donors (Lipinski definition) is 1. The highest BCUT2D eigenvalue weighted by Gasteiger charge is 2.23. The lowest BCUT2D eigenvalue weighted by Crippen LogP contribution is -2.19. The molecule has 4 heteroatoms. The molecule has 0 aliphatic carbocycles. The van der Waals surface area contributed by atoms with Crippen molar-refractivity contribution in [2.45, 2.75) is 13.5 Å². The standard InChI is InChI=1S/C22H18N2OS/c1-15-9-11-16(12-10-15)14-23-22-24-21(25)20(26-22)13-18-7-4-6-17-5-2-3-8-19(17)18/h2-13H,14H2,1H3,(H,23,24,25). The van der Waals surface area contributed by atoms with E-state index in [1.807, 2.05) is 30.3 Å². The number of benzene rings is 3. The SMILES string of the molecule is Cc1ccc(CN=C2NC(=O)C(=Cc3cccc4ccccc34)S2)cc1. The highest BCUT2D eigenvalue weighted by molar-refractivity contribution is 8.18. The summed E-state index contributed by atoms with van der Waals surface area (Å²) in [6.45, 7) is 2.62. The van der Waals surface area contributed by atoms with Gasteiger partial charge in [-0.05, 0) is 46.7 Å². The minimum Gasteiger partial charge on any atom is -0.301 e. The molecule has 0 spiro atoms. The summed E-state index contributed by atoms with van der Waals surface area (Å²) in [5.41, 5.74) is 3.40. The Bertz CT molecular complexity index is 1030. The fourth-order valence-electron chi connectivity index (χ4n) is 2.88. The van der Waals surface area contributed by atoms with Gasteiger partial charge in [0.25, 0.3) is 5.91 Å². The molecule has 128 valence electrons. The van der Waals surface area contributed by atoms with Gasteiger partial charge in [-0.15, -0.1) is 0 Å². The van der Waals surface area contributed by atoms with Crippen LogP contribution < -0.4 is 5.32 Å².